The Morgan fingerprint density at radius 1 is 0.938 bits per heavy atom. The Morgan fingerprint density at radius 2 is 1.75 bits per heavy atom. The highest BCUT2D eigenvalue weighted by atomic mass is 16.2. The number of anilines is 1. The first-order chi connectivity index (χ1) is 15.7. The van der Waals surface area contributed by atoms with Gasteiger partial charge in [0.1, 0.15) is 5.56 Å². The molecule has 158 valence electrons. The smallest absolute Gasteiger partial charge is 0.259 e. The maximum absolute atomic E-state index is 13.4. The molecule has 3 heterocycles. The van der Waals surface area contributed by atoms with E-state index in [0.717, 1.165) is 36.5 Å². The highest BCUT2D eigenvalue weighted by Gasteiger charge is 2.24. The van der Waals surface area contributed by atoms with E-state index < -0.39 is 0 Å². The third kappa shape index (κ3) is 3.67. The van der Waals surface area contributed by atoms with Crippen molar-refractivity contribution in [2.45, 2.75) is 6.42 Å². The van der Waals surface area contributed by atoms with E-state index in [0.29, 0.717) is 29.9 Å². The van der Waals surface area contributed by atoms with Crippen molar-refractivity contribution >= 4 is 17.2 Å². The molecule has 0 unspecified atom stereocenters. The van der Waals surface area contributed by atoms with Gasteiger partial charge in [0.05, 0.1) is 23.5 Å². The van der Waals surface area contributed by atoms with E-state index in [1.54, 1.807) is 16.9 Å². The SMILES string of the molecule is N#Cc1ccc(N2CCCN(C(=O)c3cnn4c(-c5ccccc5)ccnc34)CC2)cc1. The zero-order valence-electron chi connectivity index (χ0n) is 17.6. The first-order valence-corrected chi connectivity index (χ1v) is 10.7. The van der Waals surface area contributed by atoms with Gasteiger partial charge in [-0.3, -0.25) is 4.79 Å². The number of nitrogens with zero attached hydrogens (tertiary/aromatic N) is 6. The van der Waals surface area contributed by atoms with E-state index in [-0.39, 0.29) is 5.91 Å². The monoisotopic (exact) mass is 422 g/mol. The molecule has 4 aromatic rings. The summed E-state index contributed by atoms with van der Waals surface area (Å²) in [7, 11) is 0. The second-order valence-corrected chi connectivity index (χ2v) is 7.78. The second-order valence-electron chi connectivity index (χ2n) is 7.78. The lowest BCUT2D eigenvalue weighted by Gasteiger charge is -2.23. The van der Waals surface area contributed by atoms with Crippen LogP contribution in [0.5, 0.6) is 0 Å². The number of benzene rings is 2. The van der Waals surface area contributed by atoms with E-state index in [1.807, 2.05) is 65.6 Å². The van der Waals surface area contributed by atoms with Gasteiger partial charge in [-0.2, -0.15) is 10.4 Å². The van der Waals surface area contributed by atoms with E-state index in [1.165, 1.54) is 0 Å². The number of carbonyl (C=O) groups excluding carboxylic acids is 1. The summed E-state index contributed by atoms with van der Waals surface area (Å²) in [5.74, 6) is -0.0422. The number of nitriles is 1. The Balaban J connectivity index is 1.37. The van der Waals surface area contributed by atoms with Gasteiger partial charge in [0.2, 0.25) is 0 Å². The van der Waals surface area contributed by atoms with Crippen molar-refractivity contribution < 1.29 is 4.79 Å². The Hall–Kier alpha value is -4.18. The standard InChI is InChI=1S/C25H22N6O/c26-17-19-7-9-21(10-8-19)29-13-4-14-30(16-15-29)25(32)22-18-28-31-23(11-12-27-24(22)31)20-5-2-1-3-6-20/h1-3,5-12,18H,4,13-16H2. The van der Waals surface area contributed by atoms with Crippen molar-refractivity contribution in [1.82, 2.24) is 19.5 Å². The number of carbonyl (C=O) groups is 1. The van der Waals surface area contributed by atoms with Crippen LogP contribution in [-0.2, 0) is 0 Å². The van der Waals surface area contributed by atoms with Crippen molar-refractivity contribution in [2.24, 2.45) is 0 Å². The molecule has 2 aromatic heterocycles. The summed E-state index contributed by atoms with van der Waals surface area (Å²) < 4.78 is 1.74. The predicted molar refractivity (Wildman–Crippen MR) is 122 cm³/mol. The third-order valence-corrected chi connectivity index (χ3v) is 5.85. The molecule has 1 saturated heterocycles. The average molecular weight is 422 g/mol. The normalized spacial score (nSPS) is 14.2. The van der Waals surface area contributed by atoms with Crippen LogP contribution in [0, 0.1) is 11.3 Å². The van der Waals surface area contributed by atoms with Crippen LogP contribution in [0.3, 0.4) is 0 Å². The molecular weight excluding hydrogens is 400 g/mol. The fourth-order valence-corrected chi connectivity index (χ4v) is 4.17. The first kappa shape index (κ1) is 19.8. The van der Waals surface area contributed by atoms with Crippen LogP contribution in [0.15, 0.2) is 73.1 Å². The summed E-state index contributed by atoms with van der Waals surface area (Å²) in [6.07, 6.45) is 4.22. The molecular formula is C25H22N6O. The summed E-state index contributed by atoms with van der Waals surface area (Å²) in [5, 5.41) is 13.5. The number of aromatic nitrogens is 3. The molecule has 1 aliphatic heterocycles. The van der Waals surface area contributed by atoms with Crippen LogP contribution >= 0.6 is 0 Å². The summed E-state index contributed by atoms with van der Waals surface area (Å²) >= 11 is 0. The lowest BCUT2D eigenvalue weighted by Crippen LogP contribution is -2.35. The van der Waals surface area contributed by atoms with Gasteiger partial charge >= 0.3 is 0 Å². The maximum Gasteiger partial charge on any atom is 0.259 e. The molecule has 0 atom stereocenters. The molecule has 0 radical (unpaired) electrons. The van der Waals surface area contributed by atoms with Crippen LogP contribution in [0.2, 0.25) is 0 Å². The third-order valence-electron chi connectivity index (χ3n) is 5.85. The van der Waals surface area contributed by atoms with Crippen LogP contribution in [0.25, 0.3) is 16.9 Å². The Labute approximate surface area is 186 Å². The zero-order valence-corrected chi connectivity index (χ0v) is 17.6. The van der Waals surface area contributed by atoms with Crippen molar-refractivity contribution in [3.63, 3.8) is 0 Å². The lowest BCUT2D eigenvalue weighted by molar-refractivity contribution is 0.0768. The molecule has 0 aliphatic carbocycles. The van der Waals surface area contributed by atoms with Crippen molar-refractivity contribution in [2.75, 3.05) is 31.1 Å². The fourth-order valence-electron chi connectivity index (χ4n) is 4.17. The summed E-state index contributed by atoms with van der Waals surface area (Å²) in [6.45, 7) is 2.90. The lowest BCUT2D eigenvalue weighted by atomic mass is 10.1. The molecule has 1 aliphatic rings. The Bertz CT molecular complexity index is 1290. The number of rotatable bonds is 3. The van der Waals surface area contributed by atoms with Gasteiger partial charge in [-0.1, -0.05) is 30.3 Å². The summed E-state index contributed by atoms with van der Waals surface area (Å²) in [6, 6.07) is 21.6. The summed E-state index contributed by atoms with van der Waals surface area (Å²) in [4.78, 5) is 22.0. The number of amides is 1. The van der Waals surface area contributed by atoms with Gasteiger partial charge in [-0.05, 0) is 36.8 Å². The van der Waals surface area contributed by atoms with Crippen molar-refractivity contribution in [1.29, 1.82) is 5.26 Å². The second kappa shape index (κ2) is 8.52. The number of hydrogen-bond donors (Lipinski definition) is 0. The molecule has 0 N–H and O–H groups in total. The van der Waals surface area contributed by atoms with Crippen molar-refractivity contribution in [3.8, 4) is 17.3 Å². The van der Waals surface area contributed by atoms with Gasteiger partial charge in [0.25, 0.3) is 5.91 Å². The maximum atomic E-state index is 13.4. The number of hydrogen-bond acceptors (Lipinski definition) is 5. The van der Waals surface area contributed by atoms with Crippen LogP contribution < -0.4 is 4.90 Å². The molecule has 32 heavy (non-hydrogen) atoms. The number of fused-ring (bicyclic) bond motifs is 1. The Kier molecular flexibility index (Phi) is 5.26. The van der Waals surface area contributed by atoms with E-state index in [2.05, 4.69) is 21.1 Å². The molecule has 0 bridgehead atoms. The van der Waals surface area contributed by atoms with Crippen LogP contribution in [0.1, 0.15) is 22.3 Å². The van der Waals surface area contributed by atoms with E-state index in [4.69, 9.17) is 5.26 Å². The fraction of sp³-hybridized carbons (Fsp3) is 0.200. The van der Waals surface area contributed by atoms with Gasteiger partial charge < -0.3 is 9.80 Å². The van der Waals surface area contributed by atoms with Crippen LogP contribution in [-0.4, -0.2) is 51.6 Å². The topological polar surface area (TPSA) is 77.5 Å². The molecule has 2 aromatic carbocycles. The zero-order chi connectivity index (χ0) is 21.9. The van der Waals surface area contributed by atoms with Crippen molar-refractivity contribution in [3.05, 3.63) is 84.2 Å². The molecule has 7 heteroatoms. The van der Waals surface area contributed by atoms with E-state index >= 15 is 0 Å². The summed E-state index contributed by atoms with van der Waals surface area (Å²) in [5.41, 5.74) is 4.74. The van der Waals surface area contributed by atoms with Gasteiger partial charge in [0, 0.05) is 43.6 Å². The minimum absolute atomic E-state index is 0.0422. The Morgan fingerprint density at radius 3 is 2.53 bits per heavy atom. The van der Waals surface area contributed by atoms with Gasteiger partial charge in [-0.15, -0.1) is 0 Å². The average Bonchev–Trinajstić information content (AvgIpc) is 3.13. The molecule has 5 rings (SSSR count). The van der Waals surface area contributed by atoms with Gasteiger partial charge in [-0.25, -0.2) is 9.50 Å². The minimum atomic E-state index is -0.0422. The first-order valence-electron chi connectivity index (χ1n) is 10.7. The molecule has 7 nitrogen and oxygen atoms in total. The minimum Gasteiger partial charge on any atom is -0.370 e. The quantitative estimate of drug-likeness (QED) is 0.504. The molecule has 0 spiro atoms. The largest absolute Gasteiger partial charge is 0.370 e. The molecule has 1 amide bonds. The van der Waals surface area contributed by atoms with E-state index in [9.17, 15) is 4.79 Å². The van der Waals surface area contributed by atoms with Crippen LogP contribution in [0.4, 0.5) is 5.69 Å². The van der Waals surface area contributed by atoms with Gasteiger partial charge in [0.15, 0.2) is 5.65 Å². The highest BCUT2D eigenvalue weighted by Crippen LogP contribution is 2.22. The molecule has 1 fully saturated rings. The molecule has 0 saturated carbocycles. The highest BCUT2D eigenvalue weighted by molar-refractivity contribution is 6.00. The predicted octanol–water partition coefficient (Wildman–Crippen LogP) is 3.62.